The van der Waals surface area contributed by atoms with E-state index in [9.17, 15) is 13.2 Å². The number of benzene rings is 3. The van der Waals surface area contributed by atoms with Gasteiger partial charge in [0, 0.05) is 49.2 Å². The summed E-state index contributed by atoms with van der Waals surface area (Å²) in [4.78, 5) is 14.5. The number of unbranched alkanes of at least 4 members (excludes halogenated alkanes) is 2. The van der Waals surface area contributed by atoms with Crippen LogP contribution in [0.1, 0.15) is 44.6 Å². The van der Waals surface area contributed by atoms with Gasteiger partial charge in [-0.15, -0.1) is 0 Å². The summed E-state index contributed by atoms with van der Waals surface area (Å²) in [5, 5.41) is 4.50. The first-order valence-electron chi connectivity index (χ1n) is 11.9. The van der Waals surface area contributed by atoms with E-state index in [1.165, 1.54) is 5.56 Å². The highest BCUT2D eigenvalue weighted by Crippen LogP contribution is 2.30. The molecule has 7 heteroatoms. The molecule has 0 saturated heterocycles. The van der Waals surface area contributed by atoms with E-state index in [0.29, 0.717) is 24.6 Å². The van der Waals surface area contributed by atoms with E-state index in [1.54, 1.807) is 12.1 Å². The first-order valence-corrected chi connectivity index (χ1v) is 13.4. The van der Waals surface area contributed by atoms with E-state index in [1.807, 2.05) is 55.4 Å². The Kier molecular flexibility index (Phi) is 9.07. The molecule has 0 fully saturated rings. The molecule has 2 N–H and O–H groups in total. The molecule has 182 valence electrons. The predicted octanol–water partition coefficient (Wildman–Crippen LogP) is 5.34. The Labute approximate surface area is 203 Å². The third-order valence-electron chi connectivity index (χ3n) is 5.81. The number of nitrogens with one attached hydrogen (secondary N) is 2. The van der Waals surface area contributed by atoms with Crippen LogP contribution in [0, 0.1) is 0 Å². The number of sulfonamides is 1. The number of aryl methyl sites for hydroxylation is 1. The summed E-state index contributed by atoms with van der Waals surface area (Å²) in [6, 6.07) is 19.0. The molecule has 0 aliphatic carbocycles. The minimum absolute atomic E-state index is 0.0607. The number of rotatable bonds is 12. The lowest BCUT2D eigenvalue weighted by Gasteiger charge is -2.17. The average Bonchev–Trinajstić information content (AvgIpc) is 2.82. The van der Waals surface area contributed by atoms with Gasteiger partial charge in [0.25, 0.3) is 0 Å². The first kappa shape index (κ1) is 25.7. The number of fused-ring (bicyclic) bond motifs is 1. The summed E-state index contributed by atoms with van der Waals surface area (Å²) in [5.74, 6) is -0.0607. The van der Waals surface area contributed by atoms with Crippen molar-refractivity contribution in [1.82, 2.24) is 4.72 Å². The van der Waals surface area contributed by atoms with Gasteiger partial charge in [-0.05, 0) is 55.5 Å². The molecule has 0 heterocycles. The molecule has 0 aliphatic rings. The van der Waals surface area contributed by atoms with Gasteiger partial charge >= 0.3 is 0 Å². The topological polar surface area (TPSA) is 78.5 Å². The summed E-state index contributed by atoms with van der Waals surface area (Å²) in [6.45, 7) is 2.45. The minimum Gasteiger partial charge on any atom is -0.377 e. The van der Waals surface area contributed by atoms with Crippen molar-refractivity contribution in [1.29, 1.82) is 0 Å². The van der Waals surface area contributed by atoms with E-state index in [4.69, 9.17) is 0 Å². The number of anilines is 2. The predicted molar refractivity (Wildman–Crippen MR) is 141 cm³/mol. The van der Waals surface area contributed by atoms with Crippen molar-refractivity contribution < 1.29 is 13.2 Å². The molecule has 0 radical (unpaired) electrons. The Hall–Kier alpha value is -2.90. The summed E-state index contributed by atoms with van der Waals surface area (Å²) in [7, 11) is 0.216. The molecule has 0 saturated carbocycles. The Morgan fingerprint density at radius 1 is 0.882 bits per heavy atom. The van der Waals surface area contributed by atoms with Crippen molar-refractivity contribution in [2.24, 2.45) is 0 Å². The van der Waals surface area contributed by atoms with Crippen LogP contribution in [0.25, 0.3) is 10.8 Å². The molecule has 1 amide bonds. The van der Waals surface area contributed by atoms with Crippen LogP contribution in [0.5, 0.6) is 0 Å². The molecule has 0 spiro atoms. The molecule has 0 aromatic heterocycles. The molecule has 34 heavy (non-hydrogen) atoms. The quantitative estimate of drug-likeness (QED) is 0.343. The van der Waals surface area contributed by atoms with Crippen LogP contribution < -0.4 is 14.9 Å². The lowest BCUT2D eigenvalue weighted by atomic mass is 10.1. The van der Waals surface area contributed by atoms with Crippen molar-refractivity contribution in [3.05, 3.63) is 66.2 Å². The first-order chi connectivity index (χ1) is 16.3. The molecule has 3 rings (SSSR count). The Morgan fingerprint density at radius 3 is 2.29 bits per heavy atom. The van der Waals surface area contributed by atoms with Gasteiger partial charge in [-0.3, -0.25) is 4.79 Å². The van der Waals surface area contributed by atoms with Crippen molar-refractivity contribution >= 4 is 38.1 Å². The van der Waals surface area contributed by atoms with E-state index < -0.39 is 10.0 Å². The highest BCUT2D eigenvalue weighted by Gasteiger charge is 2.18. The fraction of sp³-hybridized carbons (Fsp3) is 0.370. The van der Waals surface area contributed by atoms with Gasteiger partial charge in [-0.25, -0.2) is 13.1 Å². The zero-order chi connectivity index (χ0) is 24.6. The second-order valence-electron chi connectivity index (χ2n) is 8.73. The summed E-state index contributed by atoms with van der Waals surface area (Å²) in [6.07, 6.45) is 4.90. The monoisotopic (exact) mass is 481 g/mol. The van der Waals surface area contributed by atoms with Crippen molar-refractivity contribution in [3.8, 4) is 0 Å². The minimum atomic E-state index is -3.66. The molecule has 3 aromatic rings. The van der Waals surface area contributed by atoms with Gasteiger partial charge in [0.1, 0.15) is 0 Å². The largest absolute Gasteiger partial charge is 0.377 e. The normalized spacial score (nSPS) is 11.5. The zero-order valence-corrected chi connectivity index (χ0v) is 21.1. The van der Waals surface area contributed by atoms with E-state index in [2.05, 4.69) is 29.1 Å². The van der Waals surface area contributed by atoms with Crippen LogP contribution in [-0.4, -0.2) is 35.0 Å². The van der Waals surface area contributed by atoms with Crippen LogP contribution in [0.4, 0.5) is 11.4 Å². The third-order valence-corrected chi connectivity index (χ3v) is 7.33. The van der Waals surface area contributed by atoms with Gasteiger partial charge in [-0.2, -0.15) is 0 Å². The summed E-state index contributed by atoms with van der Waals surface area (Å²) >= 11 is 0. The van der Waals surface area contributed by atoms with Gasteiger partial charge < -0.3 is 10.2 Å². The summed E-state index contributed by atoms with van der Waals surface area (Å²) in [5.41, 5.74) is 3.03. The fourth-order valence-corrected chi connectivity index (χ4v) is 5.24. The molecular weight excluding hydrogens is 446 g/mol. The molecular formula is C27H35N3O3S. The average molecular weight is 482 g/mol. The van der Waals surface area contributed by atoms with Crippen LogP contribution in [0.3, 0.4) is 0 Å². The van der Waals surface area contributed by atoms with Gasteiger partial charge in [0.05, 0.1) is 4.90 Å². The summed E-state index contributed by atoms with van der Waals surface area (Å²) < 4.78 is 28.6. The van der Waals surface area contributed by atoms with Gasteiger partial charge in [0.2, 0.25) is 15.9 Å². The Balaban J connectivity index is 1.49. The number of nitrogens with zero attached hydrogens (tertiary/aromatic N) is 1. The van der Waals surface area contributed by atoms with E-state index in [-0.39, 0.29) is 17.3 Å². The second-order valence-corrected chi connectivity index (χ2v) is 10.5. The molecule has 0 atom stereocenters. The maximum Gasteiger partial charge on any atom is 0.241 e. The van der Waals surface area contributed by atoms with Crippen LogP contribution in [-0.2, 0) is 21.2 Å². The number of hydrogen-bond donors (Lipinski definition) is 2. The molecule has 3 aromatic carbocycles. The number of amides is 1. The highest BCUT2D eigenvalue weighted by molar-refractivity contribution is 7.89. The SMILES string of the molecule is CCCCc1ccc(NC(=O)CCCCNS(=O)(=O)c2cccc3c(N(C)C)cccc23)cc1. The van der Waals surface area contributed by atoms with E-state index in [0.717, 1.165) is 36.0 Å². The van der Waals surface area contributed by atoms with Crippen molar-refractivity contribution in [3.63, 3.8) is 0 Å². The number of carbonyl (C=O) groups is 1. The molecule has 6 nitrogen and oxygen atoms in total. The maximum atomic E-state index is 13.0. The number of carbonyl (C=O) groups excluding carboxylic acids is 1. The molecule has 0 aliphatic heterocycles. The van der Waals surface area contributed by atoms with E-state index >= 15 is 0 Å². The highest BCUT2D eigenvalue weighted by atomic mass is 32.2. The zero-order valence-electron chi connectivity index (χ0n) is 20.3. The molecule has 0 bridgehead atoms. The van der Waals surface area contributed by atoms with Crippen LogP contribution in [0.15, 0.2) is 65.6 Å². The van der Waals surface area contributed by atoms with Gasteiger partial charge in [0.15, 0.2) is 0 Å². The van der Waals surface area contributed by atoms with Crippen LogP contribution >= 0.6 is 0 Å². The Bertz CT molecular complexity index is 1210. The lowest BCUT2D eigenvalue weighted by Crippen LogP contribution is -2.25. The van der Waals surface area contributed by atoms with Crippen LogP contribution in [0.2, 0.25) is 0 Å². The third kappa shape index (κ3) is 6.81. The smallest absolute Gasteiger partial charge is 0.241 e. The maximum absolute atomic E-state index is 13.0. The molecule has 0 unspecified atom stereocenters. The fourth-order valence-electron chi connectivity index (χ4n) is 3.94. The standard InChI is InChI=1S/C27H35N3O3S/c1-4-5-10-21-16-18-22(19-17-21)29-27(31)15-6-7-20-28-34(32,33)26-14-9-11-23-24(26)12-8-13-25(23)30(2)3/h8-9,11-14,16-19,28H,4-7,10,15,20H2,1-3H3,(H,29,31). The lowest BCUT2D eigenvalue weighted by molar-refractivity contribution is -0.116. The van der Waals surface area contributed by atoms with Crippen molar-refractivity contribution in [2.75, 3.05) is 30.9 Å². The Morgan fingerprint density at radius 2 is 1.59 bits per heavy atom. The van der Waals surface area contributed by atoms with Gasteiger partial charge in [-0.1, -0.05) is 49.7 Å². The van der Waals surface area contributed by atoms with Crippen molar-refractivity contribution in [2.45, 2.75) is 50.3 Å². The second kappa shape index (κ2) is 12.0. The number of hydrogen-bond acceptors (Lipinski definition) is 4.